The van der Waals surface area contributed by atoms with Crippen molar-refractivity contribution in [3.05, 3.63) is 72.8 Å². The lowest BCUT2D eigenvalue weighted by Crippen LogP contribution is -2.11. The van der Waals surface area contributed by atoms with Crippen LogP contribution >= 0.6 is 0 Å². The molecule has 6 heteroatoms. The van der Waals surface area contributed by atoms with Crippen molar-refractivity contribution in [3.63, 3.8) is 0 Å². The third kappa shape index (κ3) is 3.76. The maximum absolute atomic E-state index is 10.9. The second kappa shape index (κ2) is 7.36. The van der Waals surface area contributed by atoms with Crippen molar-refractivity contribution >= 4 is 16.7 Å². The Balaban J connectivity index is 1.81. The van der Waals surface area contributed by atoms with Gasteiger partial charge >= 0.3 is 5.97 Å². The van der Waals surface area contributed by atoms with Crippen molar-refractivity contribution in [2.45, 2.75) is 0 Å². The molecule has 0 atom stereocenters. The lowest BCUT2D eigenvalue weighted by atomic mass is 10.1. The van der Waals surface area contributed by atoms with E-state index in [0.29, 0.717) is 11.5 Å². The molecule has 0 spiro atoms. The molecule has 2 N–H and O–H groups in total. The summed E-state index contributed by atoms with van der Waals surface area (Å²) in [5.41, 5.74) is 2.27. The lowest BCUT2D eigenvalue weighted by Gasteiger charge is -2.10. The number of hydrogen-bond donors (Lipinski definition) is 2. The first kappa shape index (κ1) is 17.5. The van der Waals surface area contributed by atoms with E-state index >= 15 is 0 Å². The normalized spacial score (nSPS) is 10.7. The van der Waals surface area contributed by atoms with E-state index < -0.39 is 12.6 Å². The Morgan fingerprint density at radius 2 is 1.61 bits per heavy atom. The summed E-state index contributed by atoms with van der Waals surface area (Å²) in [4.78, 5) is 19.9. The number of phenols is 1. The van der Waals surface area contributed by atoms with Gasteiger partial charge in [-0.2, -0.15) is 4.98 Å². The summed E-state index contributed by atoms with van der Waals surface area (Å²) in [5, 5.41) is 20.4. The molecule has 3 aromatic carbocycles. The molecular formula is C22H16N2O4. The quantitative estimate of drug-likeness (QED) is 0.547. The molecule has 1 aromatic heterocycles. The third-order valence-electron chi connectivity index (χ3n) is 4.20. The minimum Gasteiger partial charge on any atom is -0.508 e. The van der Waals surface area contributed by atoms with Gasteiger partial charge < -0.3 is 14.9 Å². The first-order chi connectivity index (χ1) is 13.6. The van der Waals surface area contributed by atoms with Gasteiger partial charge in [0.15, 0.2) is 12.4 Å². The van der Waals surface area contributed by atoms with E-state index in [1.165, 1.54) is 0 Å². The van der Waals surface area contributed by atoms with Crippen molar-refractivity contribution in [2.24, 2.45) is 0 Å². The number of aromatic hydroxyl groups is 1. The SMILES string of the molecule is O=C(O)COc1cc(-c2ccccc2)nc(-c2ccc3cc(O)ccc3c2)n1. The molecule has 1 heterocycles. The Morgan fingerprint density at radius 1 is 0.857 bits per heavy atom. The van der Waals surface area contributed by atoms with Crippen LogP contribution in [0.3, 0.4) is 0 Å². The van der Waals surface area contributed by atoms with Crippen molar-refractivity contribution in [2.75, 3.05) is 6.61 Å². The minimum atomic E-state index is -1.08. The summed E-state index contributed by atoms with van der Waals surface area (Å²) in [6.45, 7) is -0.484. The molecule has 6 nitrogen and oxygen atoms in total. The van der Waals surface area contributed by atoms with Crippen molar-refractivity contribution in [3.8, 4) is 34.3 Å². The first-order valence-electron chi connectivity index (χ1n) is 8.61. The van der Waals surface area contributed by atoms with E-state index in [1.54, 1.807) is 18.2 Å². The molecule has 0 unspecified atom stereocenters. The molecule has 0 aliphatic carbocycles. The second-order valence-corrected chi connectivity index (χ2v) is 6.21. The number of fused-ring (bicyclic) bond motifs is 1. The molecule has 0 amide bonds. The maximum Gasteiger partial charge on any atom is 0.341 e. The van der Waals surface area contributed by atoms with E-state index in [2.05, 4.69) is 9.97 Å². The number of rotatable bonds is 5. The van der Waals surface area contributed by atoms with Crippen LogP contribution in [0.15, 0.2) is 72.8 Å². The van der Waals surface area contributed by atoms with E-state index in [0.717, 1.165) is 21.9 Å². The van der Waals surface area contributed by atoms with Gasteiger partial charge in [-0.05, 0) is 29.0 Å². The molecule has 28 heavy (non-hydrogen) atoms. The molecular weight excluding hydrogens is 356 g/mol. The number of ether oxygens (including phenoxy) is 1. The molecule has 0 radical (unpaired) electrons. The van der Waals surface area contributed by atoms with Gasteiger partial charge in [-0.3, -0.25) is 0 Å². The number of benzene rings is 3. The van der Waals surface area contributed by atoms with Gasteiger partial charge in [-0.1, -0.05) is 48.5 Å². The topological polar surface area (TPSA) is 92.5 Å². The predicted octanol–water partition coefficient (Wildman–Crippen LogP) is 4.13. The summed E-state index contributed by atoms with van der Waals surface area (Å²) in [6, 6.07) is 21.9. The van der Waals surface area contributed by atoms with Crippen LogP contribution in [-0.4, -0.2) is 32.8 Å². The van der Waals surface area contributed by atoms with Crippen molar-refractivity contribution < 1.29 is 19.7 Å². The Kier molecular flexibility index (Phi) is 4.60. The molecule has 4 aromatic rings. The van der Waals surface area contributed by atoms with Gasteiger partial charge in [0.2, 0.25) is 5.88 Å². The molecule has 0 aliphatic heterocycles. The molecule has 0 fully saturated rings. The van der Waals surface area contributed by atoms with Crippen molar-refractivity contribution in [1.82, 2.24) is 9.97 Å². The summed E-state index contributed by atoms with van der Waals surface area (Å²) in [5.74, 6) is -0.257. The van der Waals surface area contributed by atoms with Gasteiger partial charge in [0.05, 0.1) is 5.69 Å². The number of aliphatic carboxylic acids is 1. The van der Waals surface area contributed by atoms with Gasteiger partial charge in [-0.25, -0.2) is 9.78 Å². The van der Waals surface area contributed by atoms with Gasteiger partial charge in [-0.15, -0.1) is 0 Å². The highest BCUT2D eigenvalue weighted by Gasteiger charge is 2.11. The van der Waals surface area contributed by atoms with Gasteiger partial charge in [0.25, 0.3) is 0 Å². The number of carboxylic acid groups (broad SMARTS) is 1. The van der Waals surface area contributed by atoms with E-state index in [-0.39, 0.29) is 11.6 Å². The van der Waals surface area contributed by atoms with Gasteiger partial charge in [0, 0.05) is 17.2 Å². The fourth-order valence-corrected chi connectivity index (χ4v) is 2.89. The van der Waals surface area contributed by atoms with Gasteiger partial charge in [0.1, 0.15) is 5.75 Å². The third-order valence-corrected chi connectivity index (χ3v) is 4.20. The zero-order valence-corrected chi connectivity index (χ0v) is 14.7. The smallest absolute Gasteiger partial charge is 0.341 e. The summed E-state index contributed by atoms with van der Waals surface area (Å²) >= 11 is 0. The van der Waals surface area contributed by atoms with Crippen molar-refractivity contribution in [1.29, 1.82) is 0 Å². The summed E-state index contributed by atoms with van der Waals surface area (Å²) < 4.78 is 5.31. The lowest BCUT2D eigenvalue weighted by molar-refractivity contribution is -0.139. The summed E-state index contributed by atoms with van der Waals surface area (Å²) in [6.07, 6.45) is 0. The maximum atomic E-state index is 10.9. The standard InChI is InChI=1S/C22H16N2O4/c25-18-9-8-15-10-17(7-6-16(15)11-18)22-23-19(14-4-2-1-3-5-14)12-20(24-22)28-13-21(26)27/h1-12,25H,13H2,(H,26,27). The van der Waals surface area contributed by atoms with Crippen LogP contribution in [0.4, 0.5) is 0 Å². The highest BCUT2D eigenvalue weighted by Crippen LogP contribution is 2.28. The molecule has 138 valence electrons. The van der Waals surface area contributed by atoms with E-state index in [4.69, 9.17) is 9.84 Å². The number of carbonyl (C=O) groups is 1. The zero-order chi connectivity index (χ0) is 19.5. The molecule has 0 saturated heterocycles. The fourth-order valence-electron chi connectivity index (χ4n) is 2.89. The Hall–Kier alpha value is -3.93. The zero-order valence-electron chi connectivity index (χ0n) is 14.7. The van der Waals surface area contributed by atoms with Crippen LogP contribution in [0.5, 0.6) is 11.6 Å². The van der Waals surface area contributed by atoms with E-state index in [1.807, 2.05) is 54.6 Å². The van der Waals surface area contributed by atoms with E-state index in [9.17, 15) is 9.90 Å². The molecule has 0 aliphatic rings. The monoisotopic (exact) mass is 372 g/mol. The largest absolute Gasteiger partial charge is 0.508 e. The Morgan fingerprint density at radius 3 is 2.39 bits per heavy atom. The molecule has 0 bridgehead atoms. The predicted molar refractivity (Wildman–Crippen MR) is 105 cm³/mol. The minimum absolute atomic E-state index is 0.192. The second-order valence-electron chi connectivity index (χ2n) is 6.21. The first-order valence-corrected chi connectivity index (χ1v) is 8.61. The molecule has 0 saturated carbocycles. The number of hydrogen-bond acceptors (Lipinski definition) is 5. The van der Waals surface area contributed by atoms with Crippen LogP contribution < -0.4 is 4.74 Å². The Bertz CT molecular complexity index is 1160. The van der Waals surface area contributed by atoms with Crippen LogP contribution in [0, 0.1) is 0 Å². The average Bonchev–Trinajstić information content (AvgIpc) is 2.72. The van der Waals surface area contributed by atoms with Crippen LogP contribution in [0.2, 0.25) is 0 Å². The van der Waals surface area contributed by atoms with Crippen LogP contribution in [-0.2, 0) is 4.79 Å². The number of carboxylic acids is 1. The molecule has 4 rings (SSSR count). The fraction of sp³-hybridized carbons (Fsp3) is 0.0455. The number of aromatic nitrogens is 2. The highest BCUT2D eigenvalue weighted by molar-refractivity contribution is 5.87. The van der Waals surface area contributed by atoms with Crippen LogP contribution in [0.1, 0.15) is 0 Å². The average molecular weight is 372 g/mol. The number of phenolic OH excluding ortho intramolecular Hbond substituents is 1. The summed E-state index contributed by atoms with van der Waals surface area (Å²) in [7, 11) is 0. The highest BCUT2D eigenvalue weighted by atomic mass is 16.5. The number of nitrogens with zero attached hydrogens (tertiary/aromatic N) is 2. The Labute approximate surface area is 160 Å². The van der Waals surface area contributed by atoms with Crippen LogP contribution in [0.25, 0.3) is 33.4 Å².